The van der Waals surface area contributed by atoms with E-state index in [1.807, 2.05) is 0 Å². The van der Waals surface area contributed by atoms with Crippen molar-refractivity contribution in [1.29, 1.82) is 0 Å². The van der Waals surface area contributed by atoms with Crippen LogP contribution < -0.4 is 10.0 Å². The van der Waals surface area contributed by atoms with E-state index in [9.17, 15) is 34.8 Å². The lowest BCUT2D eigenvalue weighted by atomic mass is 9.95. The van der Waals surface area contributed by atoms with Gasteiger partial charge in [-0.05, 0) is 69.1 Å². The first-order chi connectivity index (χ1) is 17.4. The number of carbonyl (C=O) groups excluding carboxylic acids is 1. The number of sulfonamides is 1. The first kappa shape index (κ1) is 27.6. The van der Waals surface area contributed by atoms with E-state index in [-0.39, 0.29) is 42.7 Å². The van der Waals surface area contributed by atoms with E-state index in [4.69, 9.17) is 0 Å². The predicted octanol–water partition coefficient (Wildman–Crippen LogP) is 2.81. The molecule has 0 bridgehead atoms. The SMILES string of the molecule is O=C(C1CCNCC1)N1CCC(NS(=O)(=O)c2cc(S(=O)(=O)c3ccccc3)ccc2C(F)(F)F)CC1. The normalized spacial score (nSPS) is 18.6. The number of rotatable bonds is 6. The van der Waals surface area contributed by atoms with Crippen molar-refractivity contribution >= 4 is 25.8 Å². The maximum atomic E-state index is 13.7. The maximum absolute atomic E-state index is 13.7. The molecular weight excluding hydrogens is 531 g/mol. The van der Waals surface area contributed by atoms with E-state index in [0.29, 0.717) is 12.1 Å². The number of likely N-dealkylation sites (tertiary alicyclic amines) is 1. The lowest BCUT2D eigenvalue weighted by Gasteiger charge is -2.35. The summed E-state index contributed by atoms with van der Waals surface area (Å²) < 4.78 is 95.7. The Morgan fingerprint density at radius 2 is 1.51 bits per heavy atom. The number of alkyl halides is 3. The van der Waals surface area contributed by atoms with Crippen molar-refractivity contribution in [2.45, 2.75) is 52.6 Å². The van der Waals surface area contributed by atoms with Gasteiger partial charge in [0.2, 0.25) is 25.8 Å². The minimum Gasteiger partial charge on any atom is -0.342 e. The quantitative estimate of drug-likeness (QED) is 0.563. The smallest absolute Gasteiger partial charge is 0.342 e. The van der Waals surface area contributed by atoms with Gasteiger partial charge in [0.1, 0.15) is 0 Å². The maximum Gasteiger partial charge on any atom is 0.417 e. The number of piperidine rings is 2. The molecule has 0 radical (unpaired) electrons. The molecule has 2 aromatic rings. The summed E-state index contributed by atoms with van der Waals surface area (Å²) in [7, 11) is -9.00. The van der Waals surface area contributed by atoms with E-state index in [1.54, 1.807) is 11.0 Å². The molecule has 0 saturated carbocycles. The van der Waals surface area contributed by atoms with E-state index >= 15 is 0 Å². The monoisotopic (exact) mass is 559 g/mol. The molecule has 2 aromatic carbocycles. The number of hydrogen-bond acceptors (Lipinski definition) is 6. The number of amides is 1. The number of hydrogen-bond donors (Lipinski definition) is 2. The van der Waals surface area contributed by atoms with Gasteiger partial charge in [0, 0.05) is 25.0 Å². The Morgan fingerprint density at radius 1 is 0.892 bits per heavy atom. The Balaban J connectivity index is 1.55. The number of benzene rings is 2. The highest BCUT2D eigenvalue weighted by Gasteiger charge is 2.39. The topological polar surface area (TPSA) is 113 Å². The molecule has 0 atom stereocenters. The van der Waals surface area contributed by atoms with E-state index < -0.39 is 47.4 Å². The van der Waals surface area contributed by atoms with E-state index in [0.717, 1.165) is 32.0 Å². The third kappa shape index (κ3) is 6.16. The third-order valence-electron chi connectivity index (χ3n) is 6.73. The van der Waals surface area contributed by atoms with Crippen LogP contribution >= 0.6 is 0 Å². The van der Waals surface area contributed by atoms with E-state index in [2.05, 4.69) is 10.0 Å². The fourth-order valence-electron chi connectivity index (χ4n) is 4.69. The van der Waals surface area contributed by atoms with Crippen molar-refractivity contribution in [3.63, 3.8) is 0 Å². The van der Waals surface area contributed by atoms with Crippen LogP contribution in [0.2, 0.25) is 0 Å². The van der Waals surface area contributed by atoms with Gasteiger partial charge in [-0.1, -0.05) is 18.2 Å². The average molecular weight is 560 g/mol. The molecule has 1 amide bonds. The molecule has 2 aliphatic rings. The van der Waals surface area contributed by atoms with E-state index in [1.165, 1.54) is 24.3 Å². The van der Waals surface area contributed by atoms with Crippen molar-refractivity contribution in [2.24, 2.45) is 5.92 Å². The minimum atomic E-state index is -5.02. The minimum absolute atomic E-state index is 0.0148. The van der Waals surface area contributed by atoms with Crippen molar-refractivity contribution in [2.75, 3.05) is 26.2 Å². The predicted molar refractivity (Wildman–Crippen MR) is 129 cm³/mol. The summed E-state index contributed by atoms with van der Waals surface area (Å²) in [6.07, 6.45) is -3.09. The zero-order valence-electron chi connectivity index (χ0n) is 19.9. The summed E-state index contributed by atoms with van der Waals surface area (Å²) >= 11 is 0. The third-order valence-corrected chi connectivity index (χ3v) is 10.1. The highest BCUT2D eigenvalue weighted by Crippen LogP contribution is 2.36. The molecule has 4 rings (SSSR count). The van der Waals surface area contributed by atoms with Crippen LogP contribution in [0.25, 0.3) is 0 Å². The zero-order valence-corrected chi connectivity index (χ0v) is 21.5. The van der Waals surface area contributed by atoms with Crippen molar-refractivity contribution < 1.29 is 34.8 Å². The summed E-state index contributed by atoms with van der Waals surface area (Å²) in [6, 6.07) is 8.14. The average Bonchev–Trinajstić information content (AvgIpc) is 2.88. The van der Waals surface area contributed by atoms with Crippen molar-refractivity contribution in [3.05, 3.63) is 54.1 Å². The Morgan fingerprint density at radius 3 is 2.11 bits per heavy atom. The molecule has 2 saturated heterocycles. The Bertz CT molecular complexity index is 1340. The zero-order chi connectivity index (χ0) is 26.8. The lowest BCUT2D eigenvalue weighted by molar-refractivity contribution is -0.140. The molecule has 202 valence electrons. The molecule has 13 heteroatoms. The molecule has 2 aliphatic heterocycles. The standard InChI is InChI=1S/C24H28F3N3O5S2/c25-24(26,27)21-7-6-20(36(32,33)19-4-2-1-3-5-19)16-22(21)37(34,35)29-18-10-14-30(15-11-18)23(31)17-8-12-28-13-9-17/h1-7,16-18,28-29H,8-15H2. The number of nitrogens with one attached hydrogen (secondary N) is 2. The summed E-state index contributed by atoms with van der Waals surface area (Å²) in [5, 5.41) is 3.19. The summed E-state index contributed by atoms with van der Waals surface area (Å²) in [4.78, 5) is 12.5. The van der Waals surface area contributed by atoms with Gasteiger partial charge in [-0.3, -0.25) is 4.79 Å². The van der Waals surface area contributed by atoms with Gasteiger partial charge in [-0.2, -0.15) is 13.2 Å². The lowest BCUT2D eigenvalue weighted by Crippen LogP contribution is -2.49. The van der Waals surface area contributed by atoms with Gasteiger partial charge in [0.05, 0.1) is 20.2 Å². The highest BCUT2D eigenvalue weighted by molar-refractivity contribution is 7.91. The number of sulfone groups is 1. The summed E-state index contributed by atoms with van der Waals surface area (Å²) in [6.45, 7) is 2.08. The van der Waals surface area contributed by atoms with Crippen LogP contribution in [0.4, 0.5) is 13.2 Å². The molecule has 2 heterocycles. The van der Waals surface area contributed by atoms with Gasteiger partial charge >= 0.3 is 6.18 Å². The summed E-state index contributed by atoms with van der Waals surface area (Å²) in [5.41, 5.74) is -1.45. The van der Waals surface area contributed by atoms with Crippen LogP contribution in [0.1, 0.15) is 31.2 Å². The van der Waals surface area contributed by atoms with Crippen LogP contribution in [0.15, 0.2) is 63.2 Å². The molecular formula is C24H28F3N3O5S2. The highest BCUT2D eigenvalue weighted by atomic mass is 32.2. The molecule has 0 aromatic heterocycles. The number of carbonyl (C=O) groups is 1. The Labute approximate surface area is 214 Å². The van der Waals surface area contributed by atoms with Gasteiger partial charge in [0.15, 0.2) is 0 Å². The van der Waals surface area contributed by atoms with Gasteiger partial charge in [-0.15, -0.1) is 0 Å². The molecule has 8 nitrogen and oxygen atoms in total. The second kappa shape index (κ2) is 10.7. The van der Waals surface area contributed by atoms with Crippen molar-refractivity contribution in [1.82, 2.24) is 14.9 Å². The molecule has 2 fully saturated rings. The number of halogens is 3. The van der Waals surface area contributed by atoms with Crippen LogP contribution in [-0.4, -0.2) is 59.9 Å². The largest absolute Gasteiger partial charge is 0.417 e. The summed E-state index contributed by atoms with van der Waals surface area (Å²) in [5.74, 6) is -0.0703. The molecule has 2 N–H and O–H groups in total. The van der Waals surface area contributed by atoms with Gasteiger partial charge in [0.25, 0.3) is 0 Å². The van der Waals surface area contributed by atoms with Crippen molar-refractivity contribution in [3.8, 4) is 0 Å². The first-order valence-corrected chi connectivity index (χ1v) is 14.9. The Hall–Kier alpha value is -2.48. The Kier molecular flexibility index (Phi) is 7.98. The second-order valence-corrected chi connectivity index (χ2v) is 12.8. The molecule has 0 unspecified atom stereocenters. The molecule has 0 aliphatic carbocycles. The van der Waals surface area contributed by atoms with Gasteiger partial charge < -0.3 is 10.2 Å². The number of nitrogens with zero attached hydrogens (tertiary/aromatic N) is 1. The molecule has 37 heavy (non-hydrogen) atoms. The second-order valence-electron chi connectivity index (χ2n) is 9.22. The fraction of sp³-hybridized carbons (Fsp3) is 0.458. The van der Waals surface area contributed by atoms with Crippen LogP contribution in [0.5, 0.6) is 0 Å². The first-order valence-electron chi connectivity index (χ1n) is 11.9. The van der Waals surface area contributed by atoms with Crippen LogP contribution in [0.3, 0.4) is 0 Å². The van der Waals surface area contributed by atoms with Crippen LogP contribution in [0, 0.1) is 5.92 Å². The fourth-order valence-corrected chi connectivity index (χ4v) is 7.63. The van der Waals surface area contributed by atoms with Crippen LogP contribution in [-0.2, 0) is 30.8 Å². The molecule has 0 spiro atoms. The van der Waals surface area contributed by atoms with Gasteiger partial charge in [-0.25, -0.2) is 21.6 Å².